The van der Waals surface area contributed by atoms with Crippen LogP contribution in [-0.4, -0.2) is 15.3 Å². The van der Waals surface area contributed by atoms with Crippen molar-refractivity contribution in [1.82, 2.24) is 9.97 Å². The molecule has 1 aromatic heterocycles. The van der Waals surface area contributed by atoms with E-state index in [2.05, 4.69) is 16.9 Å². The average Bonchev–Trinajstić information content (AvgIpc) is 2.06. The van der Waals surface area contributed by atoms with E-state index in [-0.39, 0.29) is 5.38 Å². The molecule has 0 aliphatic carbocycles. The van der Waals surface area contributed by atoms with E-state index >= 15 is 0 Å². The number of hydrogen-bond acceptors (Lipinski definition) is 2. The van der Waals surface area contributed by atoms with E-state index in [1.807, 2.05) is 0 Å². The van der Waals surface area contributed by atoms with Crippen LogP contribution in [0.4, 0.5) is 0 Å². The molecule has 0 saturated heterocycles. The van der Waals surface area contributed by atoms with Crippen molar-refractivity contribution in [2.45, 2.75) is 31.6 Å². The van der Waals surface area contributed by atoms with Gasteiger partial charge in [-0.3, -0.25) is 9.97 Å². The van der Waals surface area contributed by atoms with E-state index in [0.29, 0.717) is 0 Å². The largest absolute Gasteiger partial charge is 0.261 e. The van der Waals surface area contributed by atoms with Crippen LogP contribution in [0, 0.1) is 0 Å². The van der Waals surface area contributed by atoms with Crippen molar-refractivity contribution in [3.05, 3.63) is 24.3 Å². The Hall–Kier alpha value is -0.630. The van der Waals surface area contributed by atoms with E-state index in [1.54, 1.807) is 18.6 Å². The Balaban J connectivity index is 2.41. The molecule has 1 rings (SSSR count). The van der Waals surface area contributed by atoms with Gasteiger partial charge < -0.3 is 0 Å². The lowest BCUT2D eigenvalue weighted by molar-refractivity contribution is 0.714. The predicted octanol–water partition coefficient (Wildman–Crippen LogP) is 2.43. The Labute approximate surface area is 78.0 Å². The summed E-state index contributed by atoms with van der Waals surface area (Å²) in [6.07, 6.45) is 8.12. The summed E-state index contributed by atoms with van der Waals surface area (Å²) < 4.78 is 0. The molecule has 0 radical (unpaired) electrons. The lowest BCUT2D eigenvalue weighted by Crippen LogP contribution is -2.04. The summed E-state index contributed by atoms with van der Waals surface area (Å²) in [5, 5.41) is 0.201. The van der Waals surface area contributed by atoms with E-state index in [1.165, 1.54) is 0 Å². The molecular formula is C9H13ClN2. The molecule has 1 heterocycles. The third-order valence-corrected chi connectivity index (χ3v) is 2.02. The van der Waals surface area contributed by atoms with Crippen LogP contribution in [0.25, 0.3) is 0 Å². The first-order chi connectivity index (χ1) is 5.83. The maximum absolute atomic E-state index is 6.05. The molecule has 0 aliphatic rings. The monoisotopic (exact) mass is 184 g/mol. The zero-order valence-electron chi connectivity index (χ0n) is 7.20. The van der Waals surface area contributed by atoms with Gasteiger partial charge in [-0.2, -0.15) is 0 Å². The van der Waals surface area contributed by atoms with Gasteiger partial charge in [0, 0.05) is 30.4 Å². The normalized spacial score (nSPS) is 12.8. The van der Waals surface area contributed by atoms with Crippen LogP contribution in [0.15, 0.2) is 18.6 Å². The summed E-state index contributed by atoms with van der Waals surface area (Å²) in [5.74, 6) is 0. The molecule has 0 fully saturated rings. The fourth-order valence-electron chi connectivity index (χ4n) is 1.08. The minimum Gasteiger partial charge on any atom is -0.261 e. The highest BCUT2D eigenvalue weighted by Crippen LogP contribution is 2.10. The van der Waals surface area contributed by atoms with E-state index in [4.69, 9.17) is 11.6 Å². The van der Waals surface area contributed by atoms with Crippen LogP contribution in [0.5, 0.6) is 0 Å². The quantitative estimate of drug-likeness (QED) is 0.672. The molecule has 0 aromatic carbocycles. The van der Waals surface area contributed by atoms with Gasteiger partial charge in [0.05, 0.1) is 5.69 Å². The summed E-state index contributed by atoms with van der Waals surface area (Å²) in [7, 11) is 0. The number of nitrogens with zero attached hydrogens (tertiary/aromatic N) is 2. The Morgan fingerprint density at radius 3 is 2.92 bits per heavy atom. The van der Waals surface area contributed by atoms with Gasteiger partial charge in [0.25, 0.3) is 0 Å². The van der Waals surface area contributed by atoms with Crippen LogP contribution in [0.3, 0.4) is 0 Å². The van der Waals surface area contributed by atoms with Gasteiger partial charge >= 0.3 is 0 Å². The van der Waals surface area contributed by atoms with Gasteiger partial charge in [0.15, 0.2) is 0 Å². The zero-order chi connectivity index (χ0) is 8.81. The average molecular weight is 185 g/mol. The summed E-state index contributed by atoms with van der Waals surface area (Å²) in [5.41, 5.74) is 0.978. The second-order valence-electron chi connectivity index (χ2n) is 2.79. The Morgan fingerprint density at radius 2 is 2.33 bits per heavy atom. The highest BCUT2D eigenvalue weighted by Gasteiger charge is 2.04. The van der Waals surface area contributed by atoms with Crippen molar-refractivity contribution in [3.8, 4) is 0 Å². The lowest BCUT2D eigenvalue weighted by Gasteiger charge is -2.05. The fourth-order valence-corrected chi connectivity index (χ4v) is 1.45. The minimum absolute atomic E-state index is 0.201. The second-order valence-corrected chi connectivity index (χ2v) is 3.40. The molecule has 12 heavy (non-hydrogen) atoms. The van der Waals surface area contributed by atoms with Gasteiger partial charge in [-0.1, -0.05) is 13.3 Å². The van der Waals surface area contributed by atoms with Crippen LogP contribution in [-0.2, 0) is 6.42 Å². The highest BCUT2D eigenvalue weighted by molar-refractivity contribution is 6.20. The minimum atomic E-state index is 0.201. The summed E-state index contributed by atoms with van der Waals surface area (Å²) in [6, 6.07) is 0. The van der Waals surface area contributed by atoms with Crippen molar-refractivity contribution >= 4 is 11.6 Å². The van der Waals surface area contributed by atoms with Crippen molar-refractivity contribution < 1.29 is 0 Å². The Morgan fingerprint density at radius 1 is 1.50 bits per heavy atom. The van der Waals surface area contributed by atoms with Gasteiger partial charge in [0.2, 0.25) is 0 Å². The third-order valence-electron chi connectivity index (χ3n) is 1.65. The first kappa shape index (κ1) is 9.46. The lowest BCUT2D eigenvalue weighted by atomic mass is 10.1. The first-order valence-corrected chi connectivity index (χ1v) is 4.65. The van der Waals surface area contributed by atoms with Gasteiger partial charge in [0.1, 0.15) is 0 Å². The molecule has 0 saturated carbocycles. The van der Waals surface area contributed by atoms with E-state index in [0.717, 1.165) is 25.0 Å². The fraction of sp³-hybridized carbons (Fsp3) is 0.556. The zero-order valence-corrected chi connectivity index (χ0v) is 7.96. The van der Waals surface area contributed by atoms with E-state index in [9.17, 15) is 0 Å². The number of alkyl halides is 1. The molecule has 0 spiro atoms. The van der Waals surface area contributed by atoms with Crippen molar-refractivity contribution in [2.75, 3.05) is 0 Å². The van der Waals surface area contributed by atoms with Gasteiger partial charge in [-0.05, 0) is 6.42 Å². The first-order valence-electron chi connectivity index (χ1n) is 4.22. The molecule has 1 aromatic rings. The van der Waals surface area contributed by atoms with E-state index < -0.39 is 0 Å². The Kier molecular flexibility index (Phi) is 4.01. The topological polar surface area (TPSA) is 25.8 Å². The molecule has 3 heteroatoms. The van der Waals surface area contributed by atoms with Crippen LogP contribution < -0.4 is 0 Å². The molecule has 1 unspecified atom stereocenters. The third kappa shape index (κ3) is 3.18. The highest BCUT2D eigenvalue weighted by atomic mass is 35.5. The maximum Gasteiger partial charge on any atom is 0.0601 e. The maximum atomic E-state index is 6.05. The SMILES string of the molecule is CCCC(Cl)Cc1cnccn1. The molecule has 2 nitrogen and oxygen atoms in total. The number of aromatic nitrogens is 2. The van der Waals surface area contributed by atoms with Crippen molar-refractivity contribution in [2.24, 2.45) is 0 Å². The van der Waals surface area contributed by atoms with Crippen LogP contribution in [0.1, 0.15) is 25.5 Å². The molecule has 0 N–H and O–H groups in total. The molecule has 0 bridgehead atoms. The Bertz CT molecular complexity index is 213. The standard InChI is InChI=1S/C9H13ClN2/c1-2-3-8(10)6-9-7-11-4-5-12-9/h4-5,7-8H,2-3,6H2,1H3. The second kappa shape index (κ2) is 5.09. The molecular weight excluding hydrogens is 172 g/mol. The summed E-state index contributed by atoms with van der Waals surface area (Å²) >= 11 is 6.05. The molecule has 66 valence electrons. The molecule has 1 atom stereocenters. The summed E-state index contributed by atoms with van der Waals surface area (Å²) in [6.45, 7) is 2.13. The van der Waals surface area contributed by atoms with Crippen LogP contribution in [0.2, 0.25) is 0 Å². The summed E-state index contributed by atoms with van der Waals surface area (Å²) in [4.78, 5) is 8.13. The van der Waals surface area contributed by atoms with Crippen molar-refractivity contribution in [1.29, 1.82) is 0 Å². The van der Waals surface area contributed by atoms with Crippen molar-refractivity contribution in [3.63, 3.8) is 0 Å². The molecule has 0 amide bonds. The smallest absolute Gasteiger partial charge is 0.0601 e. The number of hydrogen-bond donors (Lipinski definition) is 0. The molecule has 0 aliphatic heterocycles. The van der Waals surface area contributed by atoms with Gasteiger partial charge in [-0.25, -0.2) is 0 Å². The number of rotatable bonds is 4. The number of halogens is 1. The van der Waals surface area contributed by atoms with Crippen LogP contribution >= 0.6 is 11.6 Å². The van der Waals surface area contributed by atoms with Gasteiger partial charge in [-0.15, -0.1) is 11.6 Å². The predicted molar refractivity (Wildman–Crippen MR) is 50.3 cm³/mol.